The second-order valence-corrected chi connectivity index (χ2v) is 3.49. The van der Waals surface area contributed by atoms with Crippen LogP contribution in [0.5, 0.6) is 0 Å². The molecule has 2 unspecified atom stereocenters. The summed E-state index contributed by atoms with van der Waals surface area (Å²) in [5, 5.41) is 0. The van der Waals surface area contributed by atoms with Gasteiger partial charge in [-0.05, 0) is 12.3 Å². The van der Waals surface area contributed by atoms with Gasteiger partial charge in [0.05, 0.1) is 0 Å². The number of hydrogen-bond donors (Lipinski definition) is 1. The van der Waals surface area contributed by atoms with Crippen LogP contribution < -0.4 is 0 Å². The molecule has 0 spiro atoms. The van der Waals surface area contributed by atoms with Crippen LogP contribution in [-0.2, 0) is 11.3 Å². The highest BCUT2D eigenvalue weighted by Gasteiger charge is 2.21. The summed E-state index contributed by atoms with van der Waals surface area (Å²) >= 11 is -1.73. The van der Waals surface area contributed by atoms with Crippen LogP contribution in [0.2, 0.25) is 0 Å². The predicted octanol–water partition coefficient (Wildman–Crippen LogP) is 0.465. The minimum absolute atomic E-state index is 0.584. The van der Waals surface area contributed by atoms with Gasteiger partial charge < -0.3 is 0 Å². The van der Waals surface area contributed by atoms with E-state index in [1.54, 1.807) is 4.31 Å². The normalized spacial score (nSPS) is 32.9. The highest BCUT2D eigenvalue weighted by atomic mass is 32.2. The molecule has 0 saturated carbocycles. The lowest BCUT2D eigenvalue weighted by atomic mass is 10.2. The van der Waals surface area contributed by atoms with Crippen molar-refractivity contribution in [3.8, 4) is 0 Å². The molecular formula is C5H11NO2S. The number of nitrogens with zero attached hydrogens (tertiary/aromatic N) is 1. The minimum atomic E-state index is -1.73. The Kier molecular flexibility index (Phi) is 2.21. The number of rotatable bonds is 1. The third kappa shape index (κ3) is 1.74. The summed E-state index contributed by atoms with van der Waals surface area (Å²) in [6, 6.07) is 0. The fourth-order valence-corrected chi connectivity index (χ4v) is 1.68. The molecule has 1 heterocycles. The standard InChI is InChI=1S/C5H11NO2S/c1-5-2-3-6(4-5)9(7)8/h5H,2-4H2,1H3,(H,7,8). The van der Waals surface area contributed by atoms with Gasteiger partial charge in [-0.25, -0.2) is 8.51 Å². The van der Waals surface area contributed by atoms with Crippen molar-refractivity contribution in [2.24, 2.45) is 5.92 Å². The van der Waals surface area contributed by atoms with Crippen molar-refractivity contribution in [3.63, 3.8) is 0 Å². The van der Waals surface area contributed by atoms with Crippen LogP contribution in [0.1, 0.15) is 13.3 Å². The highest BCUT2D eigenvalue weighted by Crippen LogP contribution is 2.15. The van der Waals surface area contributed by atoms with Crippen molar-refractivity contribution in [2.45, 2.75) is 13.3 Å². The molecule has 0 aliphatic carbocycles. The maximum absolute atomic E-state index is 10.4. The van der Waals surface area contributed by atoms with Crippen LogP contribution in [0.3, 0.4) is 0 Å². The zero-order valence-corrected chi connectivity index (χ0v) is 6.23. The van der Waals surface area contributed by atoms with Crippen molar-refractivity contribution in [3.05, 3.63) is 0 Å². The quantitative estimate of drug-likeness (QED) is 0.550. The highest BCUT2D eigenvalue weighted by molar-refractivity contribution is 7.76. The lowest BCUT2D eigenvalue weighted by Gasteiger charge is -2.06. The molecule has 0 aromatic heterocycles. The molecule has 0 bridgehead atoms. The van der Waals surface area contributed by atoms with Gasteiger partial charge >= 0.3 is 0 Å². The van der Waals surface area contributed by atoms with Gasteiger partial charge in [0.15, 0.2) is 0 Å². The first-order valence-corrected chi connectivity index (χ1v) is 4.12. The average molecular weight is 149 g/mol. The third-order valence-electron chi connectivity index (χ3n) is 1.61. The van der Waals surface area contributed by atoms with E-state index < -0.39 is 11.3 Å². The van der Waals surface area contributed by atoms with E-state index >= 15 is 0 Å². The van der Waals surface area contributed by atoms with E-state index in [1.807, 2.05) is 0 Å². The van der Waals surface area contributed by atoms with Crippen molar-refractivity contribution < 1.29 is 8.76 Å². The summed E-state index contributed by atoms with van der Waals surface area (Å²) in [5.41, 5.74) is 0. The van der Waals surface area contributed by atoms with E-state index in [4.69, 9.17) is 4.55 Å². The maximum atomic E-state index is 10.4. The van der Waals surface area contributed by atoms with Crippen LogP contribution in [0.15, 0.2) is 0 Å². The monoisotopic (exact) mass is 149 g/mol. The van der Waals surface area contributed by atoms with Crippen molar-refractivity contribution in [1.29, 1.82) is 0 Å². The van der Waals surface area contributed by atoms with Crippen LogP contribution >= 0.6 is 0 Å². The zero-order chi connectivity index (χ0) is 6.85. The molecule has 54 valence electrons. The smallest absolute Gasteiger partial charge is 0.234 e. The molecular weight excluding hydrogens is 138 g/mol. The lowest BCUT2D eigenvalue weighted by Crippen LogP contribution is -2.21. The molecule has 0 amide bonds. The molecule has 1 saturated heterocycles. The Hall–Kier alpha value is 0.0700. The van der Waals surface area contributed by atoms with Gasteiger partial charge in [-0.3, -0.25) is 4.55 Å². The SMILES string of the molecule is CC1CCN(S(=O)O)C1. The molecule has 1 rings (SSSR count). The fourth-order valence-electron chi connectivity index (χ4n) is 1.04. The molecule has 2 atom stereocenters. The minimum Gasteiger partial charge on any atom is -0.294 e. The molecule has 9 heavy (non-hydrogen) atoms. The largest absolute Gasteiger partial charge is 0.294 e. The Morgan fingerprint density at radius 2 is 2.44 bits per heavy atom. The van der Waals surface area contributed by atoms with E-state index in [9.17, 15) is 4.21 Å². The van der Waals surface area contributed by atoms with Crippen LogP contribution in [0, 0.1) is 5.92 Å². The number of hydrogen-bond acceptors (Lipinski definition) is 1. The average Bonchev–Trinajstić information content (AvgIpc) is 2.14. The molecule has 1 aliphatic heterocycles. The Bertz CT molecular complexity index is 128. The summed E-state index contributed by atoms with van der Waals surface area (Å²) in [6.45, 7) is 3.63. The Morgan fingerprint density at radius 3 is 2.67 bits per heavy atom. The summed E-state index contributed by atoms with van der Waals surface area (Å²) in [5.74, 6) is 0.584. The fraction of sp³-hybridized carbons (Fsp3) is 1.00. The van der Waals surface area contributed by atoms with Crippen LogP contribution in [0.25, 0.3) is 0 Å². The molecule has 0 aromatic carbocycles. The summed E-state index contributed by atoms with van der Waals surface area (Å²) in [4.78, 5) is 0. The van der Waals surface area contributed by atoms with Gasteiger partial charge in [-0.15, -0.1) is 0 Å². The second-order valence-electron chi connectivity index (χ2n) is 2.51. The predicted molar refractivity (Wildman–Crippen MR) is 36.1 cm³/mol. The first-order valence-electron chi connectivity index (χ1n) is 3.06. The van der Waals surface area contributed by atoms with Crippen molar-refractivity contribution >= 4 is 11.3 Å². The van der Waals surface area contributed by atoms with E-state index in [1.165, 1.54) is 0 Å². The van der Waals surface area contributed by atoms with Gasteiger partial charge in [-0.2, -0.15) is 0 Å². The van der Waals surface area contributed by atoms with E-state index in [2.05, 4.69) is 6.92 Å². The topological polar surface area (TPSA) is 40.5 Å². The molecule has 1 aliphatic rings. The first-order chi connectivity index (χ1) is 4.20. The summed E-state index contributed by atoms with van der Waals surface area (Å²) in [6.07, 6.45) is 1.05. The van der Waals surface area contributed by atoms with Gasteiger partial charge in [0.1, 0.15) is 0 Å². The second kappa shape index (κ2) is 2.77. The Balaban J connectivity index is 2.39. The third-order valence-corrected chi connectivity index (χ3v) is 2.38. The molecule has 0 aromatic rings. The van der Waals surface area contributed by atoms with Gasteiger partial charge in [0.25, 0.3) is 0 Å². The van der Waals surface area contributed by atoms with Crippen molar-refractivity contribution in [2.75, 3.05) is 13.1 Å². The van der Waals surface area contributed by atoms with E-state index in [-0.39, 0.29) is 0 Å². The maximum Gasteiger partial charge on any atom is 0.234 e. The Morgan fingerprint density at radius 1 is 1.78 bits per heavy atom. The summed E-state index contributed by atoms with van der Waals surface area (Å²) < 4.78 is 20.5. The van der Waals surface area contributed by atoms with E-state index in [0.717, 1.165) is 19.5 Å². The molecule has 0 radical (unpaired) electrons. The molecule has 3 nitrogen and oxygen atoms in total. The Labute approximate surface area is 57.5 Å². The summed E-state index contributed by atoms with van der Waals surface area (Å²) in [7, 11) is 0. The first kappa shape index (κ1) is 7.18. The van der Waals surface area contributed by atoms with Crippen molar-refractivity contribution in [1.82, 2.24) is 4.31 Å². The van der Waals surface area contributed by atoms with Gasteiger partial charge in [-0.1, -0.05) is 6.92 Å². The van der Waals surface area contributed by atoms with Crippen LogP contribution in [-0.4, -0.2) is 26.2 Å². The zero-order valence-electron chi connectivity index (χ0n) is 5.41. The van der Waals surface area contributed by atoms with Gasteiger partial charge in [0, 0.05) is 13.1 Å². The molecule has 4 heteroatoms. The van der Waals surface area contributed by atoms with Crippen LogP contribution in [0.4, 0.5) is 0 Å². The lowest BCUT2D eigenvalue weighted by molar-refractivity contribution is 0.443. The van der Waals surface area contributed by atoms with E-state index in [0.29, 0.717) is 5.92 Å². The molecule has 1 fully saturated rings. The molecule has 1 N–H and O–H groups in total. The van der Waals surface area contributed by atoms with Gasteiger partial charge in [0.2, 0.25) is 11.3 Å².